The van der Waals surface area contributed by atoms with Crippen LogP contribution in [0.2, 0.25) is 0 Å². The minimum absolute atomic E-state index is 0.279. The van der Waals surface area contributed by atoms with Crippen molar-refractivity contribution in [3.05, 3.63) is 48.1 Å². The van der Waals surface area contributed by atoms with Crippen LogP contribution < -0.4 is 4.74 Å². The standard InChI is InChI=1S/C28H42O5/c1-5-6-7-10-13-25(22-33-28(30)23(2)3)14-11-8-9-12-21-32-26-18-15-24(16-19-26)17-20-27(29)31-4/h15-20,25H,2,5-14,21-22H2,1,3-4H3/b20-17+. The topological polar surface area (TPSA) is 61.8 Å². The Morgan fingerprint density at radius 3 is 2.21 bits per heavy atom. The normalized spacial score (nSPS) is 11.8. The third-order valence-corrected chi connectivity index (χ3v) is 5.53. The van der Waals surface area contributed by atoms with Gasteiger partial charge in [-0.05, 0) is 55.9 Å². The highest BCUT2D eigenvalue weighted by atomic mass is 16.5. The first kappa shape index (κ1) is 28.5. The van der Waals surface area contributed by atoms with Crippen LogP contribution in [0.4, 0.5) is 0 Å². The molecule has 1 aromatic rings. The van der Waals surface area contributed by atoms with E-state index >= 15 is 0 Å². The fraction of sp³-hybridized carbons (Fsp3) is 0.571. The van der Waals surface area contributed by atoms with Crippen LogP contribution in [0, 0.1) is 5.92 Å². The second-order valence-corrected chi connectivity index (χ2v) is 8.57. The van der Waals surface area contributed by atoms with Crippen molar-refractivity contribution in [3.8, 4) is 5.75 Å². The van der Waals surface area contributed by atoms with Gasteiger partial charge in [-0.15, -0.1) is 0 Å². The van der Waals surface area contributed by atoms with Gasteiger partial charge in [0.1, 0.15) is 5.75 Å². The van der Waals surface area contributed by atoms with E-state index in [4.69, 9.17) is 9.47 Å². The van der Waals surface area contributed by atoms with E-state index in [9.17, 15) is 9.59 Å². The van der Waals surface area contributed by atoms with Crippen molar-refractivity contribution >= 4 is 18.0 Å². The number of carbonyl (C=O) groups excluding carboxylic acids is 2. The Kier molecular flexibility index (Phi) is 15.5. The predicted molar refractivity (Wildman–Crippen MR) is 134 cm³/mol. The van der Waals surface area contributed by atoms with E-state index in [0.717, 1.165) is 49.8 Å². The molecule has 33 heavy (non-hydrogen) atoms. The highest BCUT2D eigenvalue weighted by Gasteiger charge is 2.12. The van der Waals surface area contributed by atoms with Gasteiger partial charge in [0, 0.05) is 11.6 Å². The van der Waals surface area contributed by atoms with Crippen molar-refractivity contribution in [2.45, 2.75) is 78.1 Å². The smallest absolute Gasteiger partial charge is 0.333 e. The molecule has 5 nitrogen and oxygen atoms in total. The van der Waals surface area contributed by atoms with E-state index in [2.05, 4.69) is 18.2 Å². The lowest BCUT2D eigenvalue weighted by Gasteiger charge is -2.17. The average Bonchev–Trinajstić information content (AvgIpc) is 2.82. The predicted octanol–water partition coefficient (Wildman–Crippen LogP) is 6.91. The minimum atomic E-state index is -0.369. The molecule has 1 unspecified atom stereocenters. The summed E-state index contributed by atoms with van der Waals surface area (Å²) < 4.78 is 15.8. The SMILES string of the molecule is C=C(C)C(=O)OCC(CCCCCC)CCCCCCOc1ccc(/C=C/C(=O)OC)cc1. The molecule has 0 aliphatic heterocycles. The van der Waals surface area contributed by atoms with Crippen LogP contribution in [-0.4, -0.2) is 32.3 Å². The maximum atomic E-state index is 11.7. The molecule has 0 amide bonds. The van der Waals surface area contributed by atoms with Crippen molar-refractivity contribution in [3.63, 3.8) is 0 Å². The lowest BCUT2D eigenvalue weighted by molar-refractivity contribution is -0.140. The number of hydrogen-bond donors (Lipinski definition) is 0. The molecule has 184 valence electrons. The molecule has 0 aromatic heterocycles. The van der Waals surface area contributed by atoms with E-state index in [1.165, 1.54) is 38.9 Å². The van der Waals surface area contributed by atoms with E-state index < -0.39 is 0 Å². The number of methoxy groups -OCH3 is 1. The zero-order chi connectivity index (χ0) is 24.3. The van der Waals surface area contributed by atoms with Crippen LogP contribution in [0.5, 0.6) is 5.75 Å². The van der Waals surface area contributed by atoms with Crippen molar-refractivity contribution in [1.82, 2.24) is 0 Å². The van der Waals surface area contributed by atoms with E-state index in [-0.39, 0.29) is 11.9 Å². The summed E-state index contributed by atoms with van der Waals surface area (Å²) in [5, 5.41) is 0. The average molecular weight is 459 g/mol. The number of esters is 2. The first-order valence-corrected chi connectivity index (χ1v) is 12.3. The lowest BCUT2D eigenvalue weighted by Crippen LogP contribution is -2.15. The van der Waals surface area contributed by atoms with Crippen molar-refractivity contribution in [1.29, 1.82) is 0 Å². The quantitative estimate of drug-likeness (QED) is 0.136. The molecular weight excluding hydrogens is 416 g/mol. The summed E-state index contributed by atoms with van der Waals surface area (Å²) in [4.78, 5) is 22.9. The summed E-state index contributed by atoms with van der Waals surface area (Å²) in [5.41, 5.74) is 1.39. The third-order valence-electron chi connectivity index (χ3n) is 5.53. The number of hydrogen-bond acceptors (Lipinski definition) is 5. The van der Waals surface area contributed by atoms with Crippen molar-refractivity contribution in [2.75, 3.05) is 20.3 Å². The summed E-state index contributed by atoms with van der Waals surface area (Å²) >= 11 is 0. The molecule has 0 N–H and O–H groups in total. The van der Waals surface area contributed by atoms with Crippen LogP contribution in [-0.2, 0) is 19.1 Å². The highest BCUT2D eigenvalue weighted by molar-refractivity contribution is 5.87. The summed E-state index contributed by atoms with van der Waals surface area (Å²) in [5.74, 6) is 0.620. The molecule has 0 aliphatic rings. The minimum Gasteiger partial charge on any atom is -0.494 e. The fourth-order valence-corrected chi connectivity index (χ4v) is 3.47. The Bertz CT molecular complexity index is 720. The zero-order valence-corrected chi connectivity index (χ0v) is 20.8. The van der Waals surface area contributed by atoms with Crippen LogP contribution >= 0.6 is 0 Å². The van der Waals surface area contributed by atoms with Gasteiger partial charge in [0.2, 0.25) is 0 Å². The molecule has 5 heteroatoms. The van der Waals surface area contributed by atoms with Crippen molar-refractivity contribution < 1.29 is 23.8 Å². The molecule has 0 saturated heterocycles. The van der Waals surface area contributed by atoms with Gasteiger partial charge in [0.15, 0.2) is 0 Å². The molecule has 0 saturated carbocycles. The monoisotopic (exact) mass is 458 g/mol. The lowest BCUT2D eigenvalue weighted by atomic mass is 9.95. The first-order chi connectivity index (χ1) is 16.0. The third kappa shape index (κ3) is 14.3. The van der Waals surface area contributed by atoms with Crippen molar-refractivity contribution in [2.24, 2.45) is 5.92 Å². The Morgan fingerprint density at radius 1 is 0.970 bits per heavy atom. The highest BCUT2D eigenvalue weighted by Crippen LogP contribution is 2.20. The molecule has 1 atom stereocenters. The Balaban J connectivity index is 2.23. The molecule has 0 aliphatic carbocycles. The van der Waals surface area contributed by atoms with Crippen LogP contribution in [0.15, 0.2) is 42.5 Å². The van der Waals surface area contributed by atoms with Gasteiger partial charge in [-0.1, -0.05) is 70.6 Å². The van der Waals surface area contributed by atoms with Gasteiger partial charge in [-0.2, -0.15) is 0 Å². The van der Waals surface area contributed by atoms with Crippen LogP contribution in [0.25, 0.3) is 6.08 Å². The molecular formula is C28H42O5. The largest absolute Gasteiger partial charge is 0.494 e. The summed E-state index contributed by atoms with van der Waals surface area (Å²) in [6, 6.07) is 7.64. The number of rotatable bonds is 18. The summed E-state index contributed by atoms with van der Waals surface area (Å²) in [6.45, 7) is 8.77. The molecule has 1 rings (SSSR count). The number of ether oxygens (including phenoxy) is 3. The number of benzene rings is 1. The molecule has 0 spiro atoms. The second-order valence-electron chi connectivity index (χ2n) is 8.57. The van der Waals surface area contributed by atoms with E-state index in [1.807, 2.05) is 24.3 Å². The Labute approximate surface area is 200 Å². The van der Waals surface area contributed by atoms with Gasteiger partial charge >= 0.3 is 11.9 Å². The zero-order valence-electron chi connectivity index (χ0n) is 20.8. The van der Waals surface area contributed by atoms with Gasteiger partial charge < -0.3 is 14.2 Å². The molecule has 1 aromatic carbocycles. The van der Waals surface area contributed by atoms with Gasteiger partial charge in [0.25, 0.3) is 0 Å². The van der Waals surface area contributed by atoms with Gasteiger partial charge in [-0.25, -0.2) is 9.59 Å². The second kappa shape index (κ2) is 17.9. The van der Waals surface area contributed by atoms with Crippen LogP contribution in [0.1, 0.15) is 83.6 Å². The maximum Gasteiger partial charge on any atom is 0.333 e. The van der Waals surface area contributed by atoms with E-state index in [0.29, 0.717) is 24.7 Å². The Morgan fingerprint density at radius 2 is 1.61 bits per heavy atom. The van der Waals surface area contributed by atoms with Gasteiger partial charge in [-0.3, -0.25) is 0 Å². The fourth-order valence-electron chi connectivity index (χ4n) is 3.47. The summed E-state index contributed by atoms with van der Waals surface area (Å²) in [6.07, 6.45) is 14.7. The van der Waals surface area contributed by atoms with E-state index in [1.54, 1.807) is 13.0 Å². The molecule has 0 fully saturated rings. The number of carbonyl (C=O) groups is 2. The first-order valence-electron chi connectivity index (χ1n) is 12.3. The molecule has 0 heterocycles. The van der Waals surface area contributed by atoms with Gasteiger partial charge in [0.05, 0.1) is 20.3 Å². The molecule has 0 radical (unpaired) electrons. The Hall–Kier alpha value is -2.56. The maximum absolute atomic E-state index is 11.7. The van der Waals surface area contributed by atoms with Crippen LogP contribution in [0.3, 0.4) is 0 Å². The summed E-state index contributed by atoms with van der Waals surface area (Å²) in [7, 11) is 1.36. The molecule has 0 bridgehead atoms. The number of unbranched alkanes of at least 4 members (excludes halogenated alkanes) is 6.